The summed E-state index contributed by atoms with van der Waals surface area (Å²) in [4.78, 5) is 14.7. The summed E-state index contributed by atoms with van der Waals surface area (Å²) < 4.78 is 0. The molecule has 0 heterocycles. The third-order valence-electron chi connectivity index (χ3n) is 2.55. The molecule has 0 spiro atoms. The van der Waals surface area contributed by atoms with Crippen LogP contribution in [0.5, 0.6) is 0 Å². The van der Waals surface area contributed by atoms with Gasteiger partial charge in [-0.1, -0.05) is 35.9 Å². The van der Waals surface area contributed by atoms with Gasteiger partial charge in [-0.2, -0.15) is 0 Å². The van der Waals surface area contributed by atoms with Crippen molar-refractivity contribution in [1.29, 1.82) is 0 Å². The predicted molar refractivity (Wildman–Crippen MR) is 76.3 cm³/mol. The average Bonchev–Trinajstić information content (AvgIpc) is 2.38. The van der Waals surface area contributed by atoms with E-state index in [1.165, 1.54) is 6.07 Å². The molecule has 0 atom stereocenters. The molecule has 0 bridgehead atoms. The normalized spacial score (nSPS) is 11.4. The van der Waals surface area contributed by atoms with Crippen molar-refractivity contribution in [1.82, 2.24) is 0 Å². The number of aliphatic imine (C=N–C) groups is 1. The Hall–Kier alpha value is -2.20. The van der Waals surface area contributed by atoms with E-state index in [1.807, 2.05) is 25.1 Å². The molecule has 4 nitrogen and oxygen atoms in total. The Morgan fingerprint density at radius 2 is 1.95 bits per heavy atom. The van der Waals surface area contributed by atoms with Gasteiger partial charge in [-0.05, 0) is 30.7 Å². The smallest absolute Gasteiger partial charge is 0.258 e. The summed E-state index contributed by atoms with van der Waals surface area (Å²) in [5, 5.41) is 11.0. The number of nitro benzene ring substituents is 1. The van der Waals surface area contributed by atoms with Crippen molar-refractivity contribution in [3.8, 4) is 0 Å². The van der Waals surface area contributed by atoms with Crippen molar-refractivity contribution in [2.45, 2.75) is 6.92 Å². The Kier molecular flexibility index (Phi) is 3.92. The average molecular weight is 275 g/mol. The third-order valence-corrected chi connectivity index (χ3v) is 2.84. The molecule has 0 amide bonds. The second-order valence-corrected chi connectivity index (χ2v) is 4.37. The van der Waals surface area contributed by atoms with E-state index in [2.05, 4.69) is 4.99 Å². The number of benzene rings is 2. The van der Waals surface area contributed by atoms with Gasteiger partial charge in [-0.25, -0.2) is 4.99 Å². The van der Waals surface area contributed by atoms with Gasteiger partial charge in [0.2, 0.25) is 0 Å². The lowest BCUT2D eigenvalue weighted by Gasteiger charge is -2.01. The minimum atomic E-state index is -0.469. The van der Waals surface area contributed by atoms with Gasteiger partial charge < -0.3 is 0 Å². The standard InChI is InChI=1S/C14H11ClN2O2/c1-10-5-4-6-11(9-10)16-14(15)12-7-2-3-8-13(12)17(18)19/h2-9H,1H3. The first-order chi connectivity index (χ1) is 9.08. The molecule has 0 radical (unpaired) electrons. The zero-order chi connectivity index (χ0) is 13.8. The summed E-state index contributed by atoms with van der Waals surface area (Å²) in [6, 6.07) is 13.7. The van der Waals surface area contributed by atoms with Gasteiger partial charge in [0.05, 0.1) is 16.2 Å². The molecule has 0 saturated heterocycles. The fourth-order valence-electron chi connectivity index (χ4n) is 1.68. The summed E-state index contributed by atoms with van der Waals surface area (Å²) in [6.45, 7) is 1.94. The van der Waals surface area contributed by atoms with Crippen LogP contribution in [0.25, 0.3) is 0 Å². The van der Waals surface area contributed by atoms with Crippen molar-refractivity contribution in [3.63, 3.8) is 0 Å². The Morgan fingerprint density at radius 3 is 2.63 bits per heavy atom. The first-order valence-corrected chi connectivity index (χ1v) is 6.00. The van der Waals surface area contributed by atoms with Crippen LogP contribution in [-0.4, -0.2) is 10.1 Å². The van der Waals surface area contributed by atoms with Crippen molar-refractivity contribution in [3.05, 3.63) is 69.8 Å². The zero-order valence-electron chi connectivity index (χ0n) is 10.2. The molecule has 0 N–H and O–H groups in total. The van der Waals surface area contributed by atoms with E-state index >= 15 is 0 Å². The van der Waals surface area contributed by atoms with Crippen molar-refractivity contribution in [2.75, 3.05) is 0 Å². The molecule has 96 valence electrons. The van der Waals surface area contributed by atoms with Gasteiger partial charge in [0.1, 0.15) is 5.17 Å². The van der Waals surface area contributed by atoms with Gasteiger partial charge in [-0.3, -0.25) is 10.1 Å². The number of nitrogens with zero attached hydrogens (tertiary/aromatic N) is 2. The number of hydrogen-bond acceptors (Lipinski definition) is 3. The van der Waals surface area contributed by atoms with E-state index in [9.17, 15) is 10.1 Å². The highest BCUT2D eigenvalue weighted by Crippen LogP contribution is 2.23. The van der Waals surface area contributed by atoms with Crippen LogP contribution in [0.2, 0.25) is 0 Å². The lowest BCUT2D eigenvalue weighted by molar-refractivity contribution is -0.385. The van der Waals surface area contributed by atoms with Gasteiger partial charge >= 0.3 is 0 Å². The third kappa shape index (κ3) is 3.17. The maximum Gasteiger partial charge on any atom is 0.279 e. The number of rotatable bonds is 3. The van der Waals surface area contributed by atoms with Crippen LogP contribution in [-0.2, 0) is 0 Å². The molecule has 19 heavy (non-hydrogen) atoms. The highest BCUT2D eigenvalue weighted by molar-refractivity contribution is 6.70. The highest BCUT2D eigenvalue weighted by atomic mass is 35.5. The van der Waals surface area contributed by atoms with Crippen LogP contribution in [0.4, 0.5) is 11.4 Å². The van der Waals surface area contributed by atoms with Crippen molar-refractivity contribution in [2.24, 2.45) is 4.99 Å². The second-order valence-electron chi connectivity index (χ2n) is 4.02. The first-order valence-electron chi connectivity index (χ1n) is 5.62. The fraction of sp³-hybridized carbons (Fsp3) is 0.0714. The van der Waals surface area contributed by atoms with E-state index in [0.29, 0.717) is 11.3 Å². The van der Waals surface area contributed by atoms with Gasteiger partial charge in [-0.15, -0.1) is 0 Å². The maximum atomic E-state index is 10.9. The largest absolute Gasteiger partial charge is 0.279 e. The van der Waals surface area contributed by atoms with Crippen LogP contribution >= 0.6 is 11.6 Å². The van der Waals surface area contributed by atoms with Gasteiger partial charge in [0.25, 0.3) is 5.69 Å². The molecule has 5 heteroatoms. The van der Waals surface area contributed by atoms with E-state index in [4.69, 9.17) is 11.6 Å². The second kappa shape index (κ2) is 5.63. The van der Waals surface area contributed by atoms with E-state index in [1.54, 1.807) is 24.3 Å². The first kappa shape index (κ1) is 13.2. The number of hydrogen-bond donors (Lipinski definition) is 0. The molecule has 0 unspecified atom stereocenters. The van der Waals surface area contributed by atoms with Crippen LogP contribution in [0.15, 0.2) is 53.5 Å². The number of para-hydroxylation sites is 1. The molecule has 2 aromatic carbocycles. The minimum absolute atomic E-state index is 0.0519. The van der Waals surface area contributed by atoms with Gasteiger partial charge in [0.15, 0.2) is 0 Å². The Balaban J connectivity index is 2.44. The monoisotopic (exact) mass is 274 g/mol. The Labute approximate surface area is 115 Å². The van der Waals surface area contributed by atoms with E-state index in [0.717, 1.165) is 5.56 Å². The van der Waals surface area contributed by atoms with Crippen molar-refractivity contribution >= 4 is 28.1 Å². The minimum Gasteiger partial charge on any atom is -0.258 e. The lowest BCUT2D eigenvalue weighted by atomic mass is 10.2. The quantitative estimate of drug-likeness (QED) is 0.478. The number of nitro groups is 1. The van der Waals surface area contributed by atoms with E-state index in [-0.39, 0.29) is 10.9 Å². The summed E-state index contributed by atoms with van der Waals surface area (Å²) in [5.41, 5.74) is 1.98. The van der Waals surface area contributed by atoms with Crippen LogP contribution in [0.1, 0.15) is 11.1 Å². The summed E-state index contributed by atoms with van der Waals surface area (Å²) in [6.07, 6.45) is 0. The SMILES string of the molecule is Cc1cccc(N=C(Cl)c2ccccc2[N+](=O)[O-])c1. The molecule has 2 aromatic rings. The van der Waals surface area contributed by atoms with Gasteiger partial charge in [0, 0.05) is 6.07 Å². The van der Waals surface area contributed by atoms with Crippen LogP contribution < -0.4 is 0 Å². The molecular formula is C14H11ClN2O2. The zero-order valence-corrected chi connectivity index (χ0v) is 11.0. The number of halogens is 1. The molecule has 0 aromatic heterocycles. The fourth-order valence-corrected chi connectivity index (χ4v) is 1.94. The summed E-state index contributed by atoms with van der Waals surface area (Å²) >= 11 is 6.09. The summed E-state index contributed by atoms with van der Waals surface area (Å²) in [7, 11) is 0. The maximum absolute atomic E-state index is 10.9. The Morgan fingerprint density at radius 1 is 1.21 bits per heavy atom. The topological polar surface area (TPSA) is 55.5 Å². The van der Waals surface area contributed by atoms with Crippen molar-refractivity contribution < 1.29 is 4.92 Å². The Bertz CT molecular complexity index is 653. The molecule has 0 aliphatic carbocycles. The molecule has 2 rings (SSSR count). The van der Waals surface area contributed by atoms with Crippen LogP contribution in [0, 0.1) is 17.0 Å². The lowest BCUT2D eigenvalue weighted by Crippen LogP contribution is -1.98. The molecule has 0 aliphatic heterocycles. The molecule has 0 saturated carbocycles. The molecule has 0 aliphatic rings. The highest BCUT2D eigenvalue weighted by Gasteiger charge is 2.15. The predicted octanol–water partition coefficient (Wildman–Crippen LogP) is 4.22. The molecular weight excluding hydrogens is 264 g/mol. The van der Waals surface area contributed by atoms with E-state index < -0.39 is 4.92 Å². The van der Waals surface area contributed by atoms with Crippen LogP contribution in [0.3, 0.4) is 0 Å². The molecule has 0 fully saturated rings. The summed E-state index contributed by atoms with van der Waals surface area (Å²) in [5.74, 6) is 0. The number of aryl methyl sites for hydroxylation is 1.